The third kappa shape index (κ3) is 2.25. The highest BCUT2D eigenvalue weighted by atomic mass is 16.5. The number of hydrogen-bond donors (Lipinski definition) is 2. The molecule has 0 heterocycles. The molecule has 3 N–H and O–H groups in total. The molecule has 100 valence electrons. The van der Waals surface area contributed by atoms with Crippen LogP contribution in [0.1, 0.15) is 37.7 Å². The molecule has 0 atom stereocenters. The zero-order chi connectivity index (χ0) is 13.2. The van der Waals surface area contributed by atoms with Crippen LogP contribution in [0.15, 0.2) is 12.1 Å². The van der Waals surface area contributed by atoms with E-state index in [1.54, 1.807) is 26.4 Å². The first-order valence-corrected chi connectivity index (χ1v) is 6.35. The van der Waals surface area contributed by atoms with E-state index in [0.717, 1.165) is 31.2 Å². The molecular formula is C14H21NO3. The Labute approximate surface area is 108 Å². The molecule has 0 bridgehead atoms. The summed E-state index contributed by atoms with van der Waals surface area (Å²) in [5, 5.41) is 9.80. The fourth-order valence-electron chi connectivity index (χ4n) is 2.77. The molecule has 0 spiro atoms. The maximum Gasteiger partial charge on any atom is 0.166 e. The summed E-state index contributed by atoms with van der Waals surface area (Å²) in [6.45, 7) is 0. The number of phenols is 1. The fourth-order valence-corrected chi connectivity index (χ4v) is 2.77. The van der Waals surface area contributed by atoms with Gasteiger partial charge in [-0.3, -0.25) is 0 Å². The summed E-state index contributed by atoms with van der Waals surface area (Å²) in [6.07, 6.45) is 5.26. The van der Waals surface area contributed by atoms with Gasteiger partial charge < -0.3 is 20.3 Å². The Kier molecular flexibility index (Phi) is 3.66. The SMILES string of the molecule is COc1cc(O)cc(C2(N)CCCCC2)c1OC. The monoisotopic (exact) mass is 251 g/mol. The van der Waals surface area contributed by atoms with Crippen molar-refractivity contribution in [2.75, 3.05) is 14.2 Å². The summed E-state index contributed by atoms with van der Waals surface area (Å²) < 4.78 is 10.7. The maximum atomic E-state index is 9.80. The van der Waals surface area contributed by atoms with Crippen molar-refractivity contribution in [3.05, 3.63) is 17.7 Å². The highest BCUT2D eigenvalue weighted by Crippen LogP contribution is 2.45. The number of benzene rings is 1. The van der Waals surface area contributed by atoms with E-state index in [1.165, 1.54) is 6.42 Å². The lowest BCUT2D eigenvalue weighted by atomic mass is 9.77. The van der Waals surface area contributed by atoms with Gasteiger partial charge in [-0.25, -0.2) is 0 Å². The van der Waals surface area contributed by atoms with Gasteiger partial charge in [-0.2, -0.15) is 0 Å². The van der Waals surface area contributed by atoms with Crippen molar-refractivity contribution >= 4 is 0 Å². The van der Waals surface area contributed by atoms with Gasteiger partial charge >= 0.3 is 0 Å². The van der Waals surface area contributed by atoms with Gasteiger partial charge in [0, 0.05) is 17.2 Å². The van der Waals surface area contributed by atoms with Crippen LogP contribution in [0.5, 0.6) is 17.2 Å². The predicted octanol–water partition coefficient (Wildman–Crippen LogP) is 2.53. The van der Waals surface area contributed by atoms with Gasteiger partial charge in [0.25, 0.3) is 0 Å². The number of ether oxygens (including phenoxy) is 2. The number of methoxy groups -OCH3 is 2. The van der Waals surface area contributed by atoms with E-state index in [9.17, 15) is 5.11 Å². The second-order valence-corrected chi connectivity index (χ2v) is 4.95. The Morgan fingerprint density at radius 3 is 2.33 bits per heavy atom. The third-order valence-corrected chi connectivity index (χ3v) is 3.75. The Bertz CT molecular complexity index is 425. The Morgan fingerprint density at radius 1 is 1.11 bits per heavy atom. The maximum absolute atomic E-state index is 9.80. The lowest BCUT2D eigenvalue weighted by molar-refractivity contribution is 0.280. The summed E-state index contributed by atoms with van der Waals surface area (Å²) in [4.78, 5) is 0. The smallest absolute Gasteiger partial charge is 0.166 e. The van der Waals surface area contributed by atoms with Gasteiger partial charge in [0.15, 0.2) is 11.5 Å². The molecule has 1 fully saturated rings. The molecule has 0 aromatic heterocycles. The minimum Gasteiger partial charge on any atom is -0.508 e. The second-order valence-electron chi connectivity index (χ2n) is 4.95. The van der Waals surface area contributed by atoms with Gasteiger partial charge in [0.2, 0.25) is 0 Å². The minimum absolute atomic E-state index is 0.165. The van der Waals surface area contributed by atoms with E-state index in [-0.39, 0.29) is 5.75 Å². The van der Waals surface area contributed by atoms with E-state index in [0.29, 0.717) is 11.5 Å². The number of hydrogen-bond acceptors (Lipinski definition) is 4. The van der Waals surface area contributed by atoms with Crippen LogP contribution in [0, 0.1) is 0 Å². The standard InChI is InChI=1S/C14H21NO3/c1-17-12-9-10(16)8-11(13(12)18-2)14(15)6-4-3-5-7-14/h8-9,16H,3-7,15H2,1-2H3. The van der Waals surface area contributed by atoms with Crippen LogP contribution < -0.4 is 15.2 Å². The Balaban J connectivity index is 2.50. The van der Waals surface area contributed by atoms with Crippen molar-refractivity contribution < 1.29 is 14.6 Å². The molecule has 2 rings (SSSR count). The van der Waals surface area contributed by atoms with Crippen LogP contribution in [0.2, 0.25) is 0 Å². The molecule has 1 aliphatic rings. The van der Waals surface area contributed by atoms with Crippen LogP contribution in [0.4, 0.5) is 0 Å². The molecule has 1 aliphatic carbocycles. The normalized spacial score (nSPS) is 18.4. The second kappa shape index (κ2) is 5.06. The summed E-state index contributed by atoms with van der Waals surface area (Å²) in [5.74, 6) is 1.33. The largest absolute Gasteiger partial charge is 0.508 e. The van der Waals surface area contributed by atoms with Crippen molar-refractivity contribution in [2.45, 2.75) is 37.6 Å². The molecule has 0 saturated heterocycles. The highest BCUT2D eigenvalue weighted by Gasteiger charge is 2.33. The zero-order valence-electron chi connectivity index (χ0n) is 11.0. The lowest BCUT2D eigenvalue weighted by Gasteiger charge is -2.35. The first kappa shape index (κ1) is 13.0. The van der Waals surface area contributed by atoms with Gasteiger partial charge in [0.05, 0.1) is 14.2 Å². The molecule has 1 aromatic rings. The van der Waals surface area contributed by atoms with Crippen molar-refractivity contribution in [3.8, 4) is 17.2 Å². The molecule has 18 heavy (non-hydrogen) atoms. The fraction of sp³-hybridized carbons (Fsp3) is 0.571. The van der Waals surface area contributed by atoms with E-state index in [4.69, 9.17) is 15.2 Å². The van der Waals surface area contributed by atoms with Crippen LogP contribution in [-0.2, 0) is 5.54 Å². The zero-order valence-corrected chi connectivity index (χ0v) is 11.0. The lowest BCUT2D eigenvalue weighted by Crippen LogP contribution is -2.39. The molecule has 0 unspecified atom stereocenters. The van der Waals surface area contributed by atoms with Crippen LogP contribution in [-0.4, -0.2) is 19.3 Å². The Morgan fingerprint density at radius 2 is 1.78 bits per heavy atom. The van der Waals surface area contributed by atoms with Crippen molar-refractivity contribution in [1.29, 1.82) is 0 Å². The number of aromatic hydroxyl groups is 1. The molecule has 0 aliphatic heterocycles. The predicted molar refractivity (Wildman–Crippen MR) is 70.2 cm³/mol. The molecule has 4 nitrogen and oxygen atoms in total. The molecule has 4 heteroatoms. The van der Waals surface area contributed by atoms with E-state index in [1.807, 2.05) is 0 Å². The van der Waals surface area contributed by atoms with Crippen molar-refractivity contribution in [3.63, 3.8) is 0 Å². The number of rotatable bonds is 3. The molecule has 0 amide bonds. The first-order valence-electron chi connectivity index (χ1n) is 6.35. The van der Waals surface area contributed by atoms with Gasteiger partial charge in [0.1, 0.15) is 5.75 Å². The highest BCUT2D eigenvalue weighted by molar-refractivity contribution is 5.54. The summed E-state index contributed by atoms with van der Waals surface area (Å²) in [7, 11) is 3.16. The number of phenolic OH excluding ortho intramolecular Hbond substituents is 1. The Hall–Kier alpha value is -1.42. The van der Waals surface area contributed by atoms with Crippen molar-refractivity contribution in [2.24, 2.45) is 5.73 Å². The average Bonchev–Trinajstić information content (AvgIpc) is 2.38. The third-order valence-electron chi connectivity index (χ3n) is 3.75. The van der Waals surface area contributed by atoms with Gasteiger partial charge in [-0.05, 0) is 18.9 Å². The molecule has 1 saturated carbocycles. The van der Waals surface area contributed by atoms with E-state index in [2.05, 4.69) is 0 Å². The first-order chi connectivity index (χ1) is 8.60. The molecule has 1 aromatic carbocycles. The van der Waals surface area contributed by atoms with Crippen LogP contribution in [0.3, 0.4) is 0 Å². The van der Waals surface area contributed by atoms with Crippen LogP contribution in [0.25, 0.3) is 0 Å². The molecular weight excluding hydrogens is 230 g/mol. The van der Waals surface area contributed by atoms with Gasteiger partial charge in [-0.1, -0.05) is 19.3 Å². The number of nitrogens with two attached hydrogens (primary N) is 1. The van der Waals surface area contributed by atoms with E-state index >= 15 is 0 Å². The average molecular weight is 251 g/mol. The summed E-state index contributed by atoms with van der Waals surface area (Å²) >= 11 is 0. The topological polar surface area (TPSA) is 64.7 Å². The van der Waals surface area contributed by atoms with Gasteiger partial charge in [-0.15, -0.1) is 0 Å². The van der Waals surface area contributed by atoms with E-state index < -0.39 is 5.54 Å². The molecule has 0 radical (unpaired) electrons. The summed E-state index contributed by atoms with van der Waals surface area (Å²) in [5.41, 5.74) is 6.93. The quantitative estimate of drug-likeness (QED) is 0.866. The minimum atomic E-state index is -0.421. The summed E-state index contributed by atoms with van der Waals surface area (Å²) in [6, 6.07) is 3.25. The van der Waals surface area contributed by atoms with Crippen molar-refractivity contribution in [1.82, 2.24) is 0 Å². The van der Waals surface area contributed by atoms with Crippen LogP contribution >= 0.6 is 0 Å².